The van der Waals surface area contributed by atoms with Crippen LogP contribution in [0.5, 0.6) is 0 Å². The highest BCUT2D eigenvalue weighted by molar-refractivity contribution is 7.93. The van der Waals surface area contributed by atoms with Crippen LogP contribution in [-0.2, 0) is 20.1 Å². The number of hydrogen-bond acceptors (Lipinski definition) is 9. The standard InChI is InChI=1S/C19H15N5O5S3/c20-18-15-4-2-1-3-14(15)17(32(27,28)29)11-16(18)23-22-12-5-7-13(8-6-12)31(25,26)24-19-21-9-10-30-19/h1-11H,20H2,(H,21,24)(H,27,28,29). The average Bonchev–Trinajstić information content (AvgIpc) is 3.25. The van der Waals surface area contributed by atoms with Crippen molar-refractivity contribution in [1.82, 2.24) is 4.98 Å². The third-order valence-electron chi connectivity index (χ3n) is 4.38. The highest BCUT2D eigenvalue weighted by Gasteiger charge is 2.19. The summed E-state index contributed by atoms with van der Waals surface area (Å²) in [5, 5.41) is 10.6. The van der Waals surface area contributed by atoms with Crippen molar-refractivity contribution < 1.29 is 21.4 Å². The van der Waals surface area contributed by atoms with Crippen LogP contribution in [0.1, 0.15) is 0 Å². The SMILES string of the molecule is Nc1c(N=Nc2ccc(S(=O)(=O)Nc3nccs3)cc2)cc(S(=O)(=O)O)c2ccccc12. The lowest BCUT2D eigenvalue weighted by molar-refractivity contribution is 0.484. The molecule has 0 saturated heterocycles. The van der Waals surface area contributed by atoms with Crippen LogP contribution in [0.25, 0.3) is 10.8 Å². The molecule has 0 saturated carbocycles. The normalized spacial score (nSPS) is 12.4. The van der Waals surface area contributed by atoms with Crippen LogP contribution in [0.2, 0.25) is 0 Å². The largest absolute Gasteiger partial charge is 0.396 e. The highest BCUT2D eigenvalue weighted by atomic mass is 32.2. The van der Waals surface area contributed by atoms with Gasteiger partial charge in [-0.1, -0.05) is 24.3 Å². The number of nitrogens with zero attached hydrogens (tertiary/aromatic N) is 3. The minimum Gasteiger partial charge on any atom is -0.396 e. The van der Waals surface area contributed by atoms with Gasteiger partial charge in [-0.25, -0.2) is 13.4 Å². The Labute approximate surface area is 187 Å². The molecule has 0 spiro atoms. The molecule has 0 fully saturated rings. The summed E-state index contributed by atoms with van der Waals surface area (Å²) in [5.41, 5.74) is 6.65. The minimum atomic E-state index is -4.53. The molecule has 32 heavy (non-hydrogen) atoms. The molecule has 3 aromatic carbocycles. The number of benzene rings is 3. The van der Waals surface area contributed by atoms with Gasteiger partial charge in [-0.05, 0) is 30.3 Å². The van der Waals surface area contributed by atoms with Crippen LogP contribution >= 0.6 is 11.3 Å². The fourth-order valence-electron chi connectivity index (χ4n) is 2.90. The Kier molecular flexibility index (Phi) is 5.64. The molecule has 0 aliphatic rings. The molecule has 10 nitrogen and oxygen atoms in total. The zero-order chi connectivity index (χ0) is 22.9. The van der Waals surface area contributed by atoms with Crippen LogP contribution in [0.3, 0.4) is 0 Å². The molecular formula is C19H15N5O5S3. The molecule has 13 heteroatoms. The summed E-state index contributed by atoms with van der Waals surface area (Å²) in [4.78, 5) is 3.55. The number of hydrogen-bond donors (Lipinski definition) is 3. The van der Waals surface area contributed by atoms with Crippen molar-refractivity contribution in [2.45, 2.75) is 9.79 Å². The lowest BCUT2D eigenvalue weighted by Crippen LogP contribution is -2.12. The number of nitrogens with two attached hydrogens (primary N) is 1. The fraction of sp³-hybridized carbons (Fsp3) is 0. The molecule has 0 unspecified atom stereocenters. The van der Waals surface area contributed by atoms with E-state index in [0.29, 0.717) is 11.1 Å². The third-order valence-corrected chi connectivity index (χ3v) is 7.44. The van der Waals surface area contributed by atoms with Crippen molar-refractivity contribution >= 4 is 64.4 Å². The van der Waals surface area contributed by atoms with Gasteiger partial charge in [0.05, 0.1) is 16.3 Å². The Morgan fingerprint density at radius 2 is 1.66 bits per heavy atom. The van der Waals surface area contributed by atoms with E-state index in [4.69, 9.17) is 5.73 Å². The Bertz CT molecular complexity index is 1530. The van der Waals surface area contributed by atoms with E-state index >= 15 is 0 Å². The van der Waals surface area contributed by atoms with Gasteiger partial charge in [0.1, 0.15) is 10.6 Å². The first-order valence-corrected chi connectivity index (χ1v) is 12.7. The number of anilines is 2. The van der Waals surface area contributed by atoms with Crippen LogP contribution in [0.4, 0.5) is 22.2 Å². The van der Waals surface area contributed by atoms with Gasteiger partial charge in [-0.2, -0.15) is 13.5 Å². The number of nitrogen functional groups attached to an aromatic ring is 1. The minimum absolute atomic E-state index is 0.00512. The van der Waals surface area contributed by atoms with Crippen molar-refractivity contribution in [2.24, 2.45) is 10.2 Å². The zero-order valence-corrected chi connectivity index (χ0v) is 18.5. The summed E-state index contributed by atoms with van der Waals surface area (Å²) in [5.74, 6) is 0. The second-order valence-corrected chi connectivity index (χ2v) is 10.4. The fourth-order valence-corrected chi connectivity index (χ4v) is 5.40. The van der Waals surface area contributed by atoms with E-state index in [9.17, 15) is 21.4 Å². The predicted molar refractivity (Wildman–Crippen MR) is 122 cm³/mol. The van der Waals surface area contributed by atoms with E-state index in [1.165, 1.54) is 36.5 Å². The second-order valence-electron chi connectivity index (χ2n) is 6.46. The first-order valence-electron chi connectivity index (χ1n) is 8.88. The van der Waals surface area contributed by atoms with E-state index < -0.39 is 20.1 Å². The van der Waals surface area contributed by atoms with E-state index in [1.807, 2.05) is 0 Å². The Balaban J connectivity index is 1.66. The molecule has 0 aliphatic heterocycles. The van der Waals surface area contributed by atoms with Crippen molar-refractivity contribution in [3.63, 3.8) is 0 Å². The van der Waals surface area contributed by atoms with E-state index in [0.717, 1.165) is 17.4 Å². The van der Waals surface area contributed by atoms with Crippen molar-refractivity contribution in [3.8, 4) is 0 Å². The number of nitrogens with one attached hydrogen (secondary N) is 1. The van der Waals surface area contributed by atoms with Gasteiger partial charge in [0.25, 0.3) is 20.1 Å². The molecule has 0 radical (unpaired) electrons. The van der Waals surface area contributed by atoms with Gasteiger partial charge in [0, 0.05) is 22.3 Å². The average molecular weight is 490 g/mol. The van der Waals surface area contributed by atoms with Crippen LogP contribution in [-0.4, -0.2) is 26.4 Å². The molecule has 0 atom stereocenters. The molecule has 0 aliphatic carbocycles. The molecule has 1 aromatic heterocycles. The second kappa shape index (κ2) is 8.27. The van der Waals surface area contributed by atoms with Gasteiger partial charge in [0.2, 0.25) is 0 Å². The highest BCUT2D eigenvalue weighted by Crippen LogP contribution is 2.36. The van der Waals surface area contributed by atoms with Gasteiger partial charge in [0.15, 0.2) is 5.13 Å². The van der Waals surface area contributed by atoms with Crippen LogP contribution < -0.4 is 10.5 Å². The number of aromatic nitrogens is 1. The Morgan fingerprint density at radius 3 is 2.28 bits per heavy atom. The number of rotatable bonds is 6. The molecule has 0 amide bonds. The Hall–Kier alpha value is -3.39. The summed E-state index contributed by atoms with van der Waals surface area (Å²) in [6.45, 7) is 0. The smallest absolute Gasteiger partial charge is 0.295 e. The molecule has 4 rings (SSSR count). The van der Waals surface area contributed by atoms with Gasteiger partial charge < -0.3 is 5.73 Å². The topological polar surface area (TPSA) is 164 Å². The van der Waals surface area contributed by atoms with Crippen molar-refractivity contribution in [1.29, 1.82) is 0 Å². The van der Waals surface area contributed by atoms with Gasteiger partial charge >= 0.3 is 0 Å². The number of thiazole rings is 1. The van der Waals surface area contributed by atoms with Crippen LogP contribution in [0, 0.1) is 0 Å². The lowest BCUT2D eigenvalue weighted by atomic mass is 10.1. The van der Waals surface area contributed by atoms with Gasteiger partial charge in [-0.3, -0.25) is 9.27 Å². The summed E-state index contributed by atoms with van der Waals surface area (Å²) in [6.07, 6.45) is 1.48. The maximum absolute atomic E-state index is 12.4. The maximum atomic E-state index is 12.4. The summed E-state index contributed by atoms with van der Waals surface area (Å²) in [6, 6.07) is 13.1. The van der Waals surface area contributed by atoms with Crippen molar-refractivity contribution in [2.75, 3.05) is 10.5 Å². The molecule has 1 heterocycles. The predicted octanol–water partition coefficient (Wildman–Crippen LogP) is 4.34. The van der Waals surface area contributed by atoms with Crippen molar-refractivity contribution in [3.05, 3.63) is 66.2 Å². The molecule has 4 aromatic rings. The molecular weight excluding hydrogens is 474 g/mol. The number of fused-ring (bicyclic) bond motifs is 1. The lowest BCUT2D eigenvalue weighted by Gasteiger charge is -2.09. The summed E-state index contributed by atoms with van der Waals surface area (Å²) in [7, 11) is -8.34. The molecule has 0 bridgehead atoms. The monoisotopic (exact) mass is 489 g/mol. The maximum Gasteiger partial charge on any atom is 0.295 e. The molecule has 4 N–H and O–H groups in total. The summed E-state index contributed by atoms with van der Waals surface area (Å²) >= 11 is 1.15. The first-order chi connectivity index (χ1) is 15.1. The van der Waals surface area contributed by atoms with Gasteiger partial charge in [-0.15, -0.1) is 16.5 Å². The zero-order valence-electron chi connectivity index (χ0n) is 16.1. The van der Waals surface area contributed by atoms with E-state index in [-0.39, 0.29) is 31.7 Å². The first kappa shape index (κ1) is 21.8. The van der Waals surface area contributed by atoms with E-state index in [1.54, 1.807) is 23.6 Å². The number of azo groups is 1. The Morgan fingerprint density at radius 1 is 0.969 bits per heavy atom. The molecule has 164 valence electrons. The van der Waals surface area contributed by atoms with Crippen LogP contribution in [0.15, 0.2) is 86.2 Å². The summed E-state index contributed by atoms with van der Waals surface area (Å²) < 4.78 is 60.3. The third kappa shape index (κ3) is 4.45. The number of sulfonamides is 1. The quantitative estimate of drug-likeness (QED) is 0.206. The van der Waals surface area contributed by atoms with E-state index in [2.05, 4.69) is 19.9 Å².